The third kappa shape index (κ3) is 2.57. The lowest BCUT2D eigenvalue weighted by Crippen LogP contribution is -2.13. The molecule has 0 aliphatic rings. The highest BCUT2D eigenvalue weighted by Gasteiger charge is 2.12. The van der Waals surface area contributed by atoms with Gasteiger partial charge in [0.15, 0.2) is 0 Å². The van der Waals surface area contributed by atoms with Crippen LogP contribution in [0, 0.1) is 0 Å². The van der Waals surface area contributed by atoms with Crippen LogP contribution in [0.25, 0.3) is 10.1 Å². The van der Waals surface area contributed by atoms with Gasteiger partial charge in [-0.15, -0.1) is 22.9 Å². The molecule has 3 rings (SSSR count). The van der Waals surface area contributed by atoms with Crippen LogP contribution in [0.3, 0.4) is 0 Å². The van der Waals surface area contributed by atoms with E-state index in [4.69, 9.17) is 11.6 Å². The van der Waals surface area contributed by atoms with Gasteiger partial charge in [0.25, 0.3) is 0 Å². The van der Waals surface area contributed by atoms with Crippen molar-refractivity contribution < 1.29 is 0 Å². The maximum atomic E-state index is 6.09. The molecule has 0 bridgehead atoms. The molecule has 0 amide bonds. The monoisotopic (exact) mass is 288 g/mol. The Bertz CT molecular complexity index is 666. The molecule has 0 spiro atoms. The molecule has 0 saturated heterocycles. The van der Waals surface area contributed by atoms with Gasteiger partial charge in [-0.2, -0.15) is 0 Å². The molecule has 0 saturated carbocycles. The number of anilines is 1. The molecule has 19 heavy (non-hydrogen) atoms. The summed E-state index contributed by atoms with van der Waals surface area (Å²) in [7, 11) is 0. The summed E-state index contributed by atoms with van der Waals surface area (Å²) in [6.45, 7) is 0. The Morgan fingerprint density at radius 1 is 1.16 bits per heavy atom. The van der Waals surface area contributed by atoms with Gasteiger partial charge in [0, 0.05) is 22.2 Å². The summed E-state index contributed by atoms with van der Waals surface area (Å²) in [5, 5.41) is 6.67. The number of hydrogen-bond acceptors (Lipinski definition) is 3. The number of benzene rings is 1. The number of rotatable bonds is 4. The van der Waals surface area contributed by atoms with E-state index in [-0.39, 0.29) is 6.04 Å². The molecule has 0 fully saturated rings. The molecule has 1 unspecified atom stereocenters. The second-order valence-corrected chi connectivity index (χ2v) is 5.51. The van der Waals surface area contributed by atoms with E-state index in [1.54, 1.807) is 11.3 Å². The molecule has 96 valence electrons. The normalized spacial score (nSPS) is 12.5. The van der Waals surface area contributed by atoms with Gasteiger partial charge in [0.1, 0.15) is 5.82 Å². The van der Waals surface area contributed by atoms with Crippen molar-refractivity contribution >= 4 is 38.8 Å². The largest absolute Gasteiger partial charge is 0.362 e. The first-order chi connectivity index (χ1) is 9.38. The van der Waals surface area contributed by atoms with Gasteiger partial charge in [-0.25, -0.2) is 4.98 Å². The first-order valence-electron chi connectivity index (χ1n) is 6.08. The Hall–Kier alpha value is -1.58. The van der Waals surface area contributed by atoms with Crippen LogP contribution in [0.4, 0.5) is 5.82 Å². The molecule has 4 heteroatoms. The molecule has 1 aromatic carbocycles. The number of pyridine rings is 1. The molecular formula is C15H13ClN2S. The number of nitrogens with one attached hydrogen (secondary N) is 1. The Labute approximate surface area is 121 Å². The predicted molar refractivity (Wildman–Crippen MR) is 83.1 cm³/mol. The Balaban J connectivity index is 1.93. The fraction of sp³-hybridized carbons (Fsp3) is 0.133. The van der Waals surface area contributed by atoms with Crippen LogP contribution in [0.15, 0.2) is 54.0 Å². The van der Waals surface area contributed by atoms with Crippen LogP contribution in [0.1, 0.15) is 11.6 Å². The van der Waals surface area contributed by atoms with Crippen molar-refractivity contribution in [2.75, 3.05) is 11.2 Å². The summed E-state index contributed by atoms with van der Waals surface area (Å²) < 4.78 is 1.24. The molecule has 1 atom stereocenters. The van der Waals surface area contributed by atoms with E-state index in [0.717, 1.165) is 11.2 Å². The number of halogens is 1. The SMILES string of the molecule is ClCC(Nc1nccc2sccc12)c1ccccc1. The van der Waals surface area contributed by atoms with E-state index in [1.165, 1.54) is 10.3 Å². The number of thiophene rings is 1. The lowest BCUT2D eigenvalue weighted by molar-refractivity contribution is 0.886. The minimum atomic E-state index is 0.0702. The van der Waals surface area contributed by atoms with E-state index in [2.05, 4.69) is 33.9 Å². The highest BCUT2D eigenvalue weighted by Crippen LogP contribution is 2.28. The Morgan fingerprint density at radius 2 is 2.00 bits per heavy atom. The van der Waals surface area contributed by atoms with Crippen molar-refractivity contribution in [2.45, 2.75) is 6.04 Å². The van der Waals surface area contributed by atoms with Crippen molar-refractivity contribution in [3.63, 3.8) is 0 Å². The zero-order chi connectivity index (χ0) is 13.1. The number of fused-ring (bicyclic) bond motifs is 1. The van der Waals surface area contributed by atoms with Gasteiger partial charge in [-0.05, 0) is 23.1 Å². The average molecular weight is 289 g/mol. The standard InChI is InChI=1S/C15H13ClN2S/c16-10-13(11-4-2-1-3-5-11)18-15-12-7-9-19-14(12)6-8-17-15/h1-9,13H,10H2,(H,17,18). The van der Waals surface area contributed by atoms with Gasteiger partial charge in [-0.3, -0.25) is 0 Å². The first kappa shape index (κ1) is 12.5. The molecule has 2 aromatic heterocycles. The number of hydrogen-bond donors (Lipinski definition) is 1. The minimum Gasteiger partial charge on any atom is -0.362 e. The van der Waals surface area contributed by atoms with E-state index in [0.29, 0.717) is 5.88 Å². The molecule has 3 aromatic rings. The Kier molecular flexibility index (Phi) is 3.67. The fourth-order valence-corrected chi connectivity index (χ4v) is 3.11. The molecule has 2 nitrogen and oxygen atoms in total. The van der Waals surface area contributed by atoms with Crippen LogP contribution in [-0.4, -0.2) is 10.9 Å². The van der Waals surface area contributed by atoms with Gasteiger partial charge in [0.05, 0.1) is 6.04 Å². The second kappa shape index (κ2) is 5.59. The summed E-state index contributed by atoms with van der Waals surface area (Å²) >= 11 is 7.81. The van der Waals surface area contributed by atoms with Gasteiger partial charge < -0.3 is 5.32 Å². The third-order valence-electron chi connectivity index (χ3n) is 3.05. The molecule has 1 N–H and O–H groups in total. The quantitative estimate of drug-likeness (QED) is 0.705. The van der Waals surface area contributed by atoms with E-state index >= 15 is 0 Å². The van der Waals surface area contributed by atoms with Crippen LogP contribution in [0.5, 0.6) is 0 Å². The maximum Gasteiger partial charge on any atom is 0.135 e. The highest BCUT2D eigenvalue weighted by molar-refractivity contribution is 7.17. The van der Waals surface area contributed by atoms with Crippen LogP contribution in [-0.2, 0) is 0 Å². The number of alkyl halides is 1. The van der Waals surface area contributed by atoms with Crippen LogP contribution < -0.4 is 5.32 Å². The van der Waals surface area contributed by atoms with Crippen molar-refractivity contribution in [2.24, 2.45) is 0 Å². The van der Waals surface area contributed by atoms with E-state index in [1.807, 2.05) is 30.5 Å². The zero-order valence-electron chi connectivity index (χ0n) is 10.2. The van der Waals surface area contributed by atoms with Gasteiger partial charge in [0.2, 0.25) is 0 Å². The third-order valence-corrected chi connectivity index (χ3v) is 4.24. The van der Waals surface area contributed by atoms with E-state index in [9.17, 15) is 0 Å². The average Bonchev–Trinajstić information content (AvgIpc) is 2.95. The summed E-state index contributed by atoms with van der Waals surface area (Å²) in [5.41, 5.74) is 1.17. The van der Waals surface area contributed by atoms with Crippen molar-refractivity contribution in [3.05, 3.63) is 59.6 Å². The number of aromatic nitrogens is 1. The zero-order valence-corrected chi connectivity index (χ0v) is 11.8. The molecule has 2 heterocycles. The van der Waals surface area contributed by atoms with Crippen LogP contribution in [0.2, 0.25) is 0 Å². The van der Waals surface area contributed by atoms with Gasteiger partial charge >= 0.3 is 0 Å². The lowest BCUT2D eigenvalue weighted by atomic mass is 10.1. The van der Waals surface area contributed by atoms with Gasteiger partial charge in [-0.1, -0.05) is 30.3 Å². The maximum absolute atomic E-state index is 6.09. The molecular weight excluding hydrogens is 276 g/mol. The summed E-state index contributed by atoms with van der Waals surface area (Å²) in [4.78, 5) is 4.43. The second-order valence-electron chi connectivity index (χ2n) is 4.25. The lowest BCUT2D eigenvalue weighted by Gasteiger charge is -2.17. The fourth-order valence-electron chi connectivity index (χ4n) is 2.07. The number of nitrogens with zero attached hydrogens (tertiary/aromatic N) is 1. The van der Waals surface area contributed by atoms with Crippen molar-refractivity contribution in [1.82, 2.24) is 4.98 Å². The molecule has 0 aliphatic heterocycles. The summed E-state index contributed by atoms with van der Waals surface area (Å²) in [5.74, 6) is 1.40. The van der Waals surface area contributed by atoms with E-state index < -0.39 is 0 Å². The smallest absolute Gasteiger partial charge is 0.135 e. The predicted octanol–water partition coefficient (Wildman–Crippen LogP) is 4.69. The summed E-state index contributed by atoms with van der Waals surface area (Å²) in [6, 6.07) is 14.4. The van der Waals surface area contributed by atoms with Crippen molar-refractivity contribution in [1.29, 1.82) is 0 Å². The minimum absolute atomic E-state index is 0.0702. The molecule has 0 aliphatic carbocycles. The Morgan fingerprint density at radius 3 is 2.79 bits per heavy atom. The highest BCUT2D eigenvalue weighted by atomic mass is 35.5. The summed E-state index contributed by atoms with van der Waals surface area (Å²) in [6.07, 6.45) is 1.83. The first-order valence-corrected chi connectivity index (χ1v) is 7.49. The molecule has 0 radical (unpaired) electrons. The topological polar surface area (TPSA) is 24.9 Å². The van der Waals surface area contributed by atoms with Crippen molar-refractivity contribution in [3.8, 4) is 0 Å². The van der Waals surface area contributed by atoms with Crippen LogP contribution >= 0.6 is 22.9 Å².